The number of imidazole rings is 1. The fourth-order valence-electron chi connectivity index (χ4n) is 3.18. The summed E-state index contributed by atoms with van der Waals surface area (Å²) >= 11 is 0. The zero-order valence-corrected chi connectivity index (χ0v) is 13.9. The van der Waals surface area contributed by atoms with Crippen LogP contribution in [0.2, 0.25) is 0 Å². The van der Waals surface area contributed by atoms with Crippen molar-refractivity contribution in [3.63, 3.8) is 0 Å². The maximum absolute atomic E-state index is 5.79. The summed E-state index contributed by atoms with van der Waals surface area (Å²) in [4.78, 5) is 4.83. The lowest BCUT2D eigenvalue weighted by atomic mass is 9.76. The molecule has 0 aliphatic heterocycles. The highest BCUT2D eigenvalue weighted by Gasteiger charge is 2.24. The van der Waals surface area contributed by atoms with E-state index in [0.29, 0.717) is 11.3 Å². The van der Waals surface area contributed by atoms with E-state index >= 15 is 0 Å². The van der Waals surface area contributed by atoms with Crippen LogP contribution >= 0.6 is 0 Å². The number of rotatable bonds is 6. The van der Waals surface area contributed by atoms with E-state index in [1.807, 2.05) is 0 Å². The minimum Gasteiger partial charge on any atom is -0.330 e. The summed E-state index contributed by atoms with van der Waals surface area (Å²) in [5.41, 5.74) is 8.46. The highest BCUT2D eigenvalue weighted by Crippen LogP contribution is 2.32. The van der Waals surface area contributed by atoms with Crippen LogP contribution in [0.4, 0.5) is 0 Å². The fourth-order valence-corrected chi connectivity index (χ4v) is 3.18. The maximum atomic E-state index is 5.79. The van der Waals surface area contributed by atoms with Crippen LogP contribution < -0.4 is 5.73 Å². The number of nitrogens with two attached hydrogens (primary N) is 1. The van der Waals surface area contributed by atoms with E-state index in [2.05, 4.69) is 56.5 Å². The lowest BCUT2D eigenvalue weighted by Gasteiger charge is -2.30. The largest absolute Gasteiger partial charge is 0.330 e. The van der Waals surface area contributed by atoms with Gasteiger partial charge in [-0.3, -0.25) is 0 Å². The first-order valence-corrected chi connectivity index (χ1v) is 8.11. The molecule has 1 aromatic carbocycles. The van der Waals surface area contributed by atoms with Gasteiger partial charge in [-0.2, -0.15) is 0 Å². The Labute approximate surface area is 128 Å². The van der Waals surface area contributed by atoms with Crippen LogP contribution in [-0.2, 0) is 13.0 Å². The van der Waals surface area contributed by atoms with Gasteiger partial charge in [0.15, 0.2) is 0 Å². The normalized spacial score (nSPS) is 13.8. The Morgan fingerprint density at radius 2 is 1.90 bits per heavy atom. The van der Waals surface area contributed by atoms with Gasteiger partial charge in [-0.1, -0.05) is 32.9 Å². The molecule has 1 atom stereocenters. The molecule has 3 heteroatoms. The van der Waals surface area contributed by atoms with Gasteiger partial charge in [-0.15, -0.1) is 0 Å². The minimum atomic E-state index is 0.308. The summed E-state index contributed by atoms with van der Waals surface area (Å²) in [6.07, 6.45) is 3.28. The van der Waals surface area contributed by atoms with E-state index < -0.39 is 0 Å². The Hall–Kier alpha value is -1.35. The SMILES string of the molecule is CCn1c(CCC(CCN)C(C)(C)C)nc2ccccc21. The van der Waals surface area contributed by atoms with E-state index in [1.165, 1.54) is 11.3 Å². The zero-order chi connectivity index (χ0) is 15.5. The number of nitrogens with zero attached hydrogens (tertiary/aromatic N) is 2. The van der Waals surface area contributed by atoms with Crippen molar-refractivity contribution in [1.82, 2.24) is 9.55 Å². The maximum Gasteiger partial charge on any atom is 0.109 e. The first-order valence-electron chi connectivity index (χ1n) is 8.11. The molecule has 21 heavy (non-hydrogen) atoms. The first-order chi connectivity index (χ1) is 9.97. The molecular formula is C18H29N3. The van der Waals surface area contributed by atoms with Crippen LogP contribution in [0.1, 0.15) is 46.4 Å². The molecule has 0 bridgehead atoms. The van der Waals surface area contributed by atoms with Gasteiger partial charge in [0.1, 0.15) is 5.82 Å². The second kappa shape index (κ2) is 6.61. The number of fused-ring (bicyclic) bond motifs is 1. The van der Waals surface area contributed by atoms with Gasteiger partial charge >= 0.3 is 0 Å². The predicted octanol–water partition coefficient (Wildman–Crippen LogP) is 4.00. The van der Waals surface area contributed by atoms with Crippen LogP contribution in [0, 0.1) is 11.3 Å². The Balaban J connectivity index is 2.19. The van der Waals surface area contributed by atoms with Gasteiger partial charge in [0.05, 0.1) is 11.0 Å². The summed E-state index contributed by atoms with van der Waals surface area (Å²) < 4.78 is 2.34. The first kappa shape index (κ1) is 16.0. The van der Waals surface area contributed by atoms with Gasteiger partial charge in [0.25, 0.3) is 0 Å². The van der Waals surface area contributed by atoms with Crippen molar-refractivity contribution in [2.45, 2.75) is 53.5 Å². The van der Waals surface area contributed by atoms with Crippen molar-refractivity contribution in [3.05, 3.63) is 30.1 Å². The van der Waals surface area contributed by atoms with E-state index in [1.54, 1.807) is 0 Å². The van der Waals surface area contributed by atoms with Gasteiger partial charge in [-0.25, -0.2) is 4.98 Å². The van der Waals surface area contributed by atoms with Crippen molar-refractivity contribution in [2.75, 3.05) is 6.54 Å². The van der Waals surface area contributed by atoms with Crippen LogP contribution in [0.15, 0.2) is 24.3 Å². The van der Waals surface area contributed by atoms with Gasteiger partial charge in [0.2, 0.25) is 0 Å². The van der Waals surface area contributed by atoms with E-state index in [0.717, 1.165) is 37.9 Å². The van der Waals surface area contributed by atoms with Gasteiger partial charge in [0, 0.05) is 13.0 Å². The lowest BCUT2D eigenvalue weighted by molar-refractivity contribution is 0.213. The van der Waals surface area contributed by atoms with Crippen molar-refractivity contribution >= 4 is 11.0 Å². The molecule has 0 saturated heterocycles. The van der Waals surface area contributed by atoms with E-state index in [-0.39, 0.29) is 0 Å². The quantitative estimate of drug-likeness (QED) is 0.872. The lowest BCUT2D eigenvalue weighted by Crippen LogP contribution is -2.24. The van der Waals surface area contributed by atoms with E-state index in [9.17, 15) is 0 Å². The average molecular weight is 287 g/mol. The molecular weight excluding hydrogens is 258 g/mol. The molecule has 0 amide bonds. The predicted molar refractivity (Wildman–Crippen MR) is 90.3 cm³/mol. The molecule has 2 rings (SSSR count). The molecule has 1 aromatic heterocycles. The van der Waals surface area contributed by atoms with Crippen LogP contribution in [-0.4, -0.2) is 16.1 Å². The van der Waals surface area contributed by atoms with Gasteiger partial charge < -0.3 is 10.3 Å². The molecule has 0 spiro atoms. The molecule has 2 N–H and O–H groups in total. The Morgan fingerprint density at radius 3 is 2.52 bits per heavy atom. The third-order valence-corrected chi connectivity index (χ3v) is 4.51. The monoisotopic (exact) mass is 287 g/mol. The van der Waals surface area contributed by atoms with Crippen molar-refractivity contribution in [3.8, 4) is 0 Å². The molecule has 0 saturated carbocycles. The number of aromatic nitrogens is 2. The topological polar surface area (TPSA) is 43.8 Å². The number of para-hydroxylation sites is 2. The number of aryl methyl sites for hydroxylation is 2. The third-order valence-electron chi connectivity index (χ3n) is 4.51. The second-order valence-electron chi connectivity index (χ2n) is 6.94. The van der Waals surface area contributed by atoms with Crippen molar-refractivity contribution < 1.29 is 0 Å². The molecule has 3 nitrogen and oxygen atoms in total. The molecule has 0 radical (unpaired) electrons. The summed E-state index contributed by atoms with van der Waals surface area (Å²) in [5, 5.41) is 0. The molecule has 116 valence electrons. The Kier molecular flexibility index (Phi) is 5.04. The molecule has 0 aliphatic rings. The summed E-state index contributed by atoms with van der Waals surface area (Å²) in [7, 11) is 0. The molecule has 0 aliphatic carbocycles. The smallest absolute Gasteiger partial charge is 0.109 e. The van der Waals surface area contributed by atoms with Crippen molar-refractivity contribution in [1.29, 1.82) is 0 Å². The summed E-state index contributed by atoms with van der Waals surface area (Å²) in [6.45, 7) is 10.9. The molecule has 1 heterocycles. The molecule has 1 unspecified atom stereocenters. The highest BCUT2D eigenvalue weighted by molar-refractivity contribution is 5.75. The zero-order valence-electron chi connectivity index (χ0n) is 13.9. The standard InChI is InChI=1S/C18H29N3/c1-5-21-16-9-7-6-8-15(16)20-17(21)11-10-14(12-13-19)18(2,3)4/h6-9,14H,5,10-13,19H2,1-4H3. The van der Waals surface area contributed by atoms with Crippen LogP contribution in [0.5, 0.6) is 0 Å². The Bertz CT molecular complexity index is 578. The average Bonchev–Trinajstić information content (AvgIpc) is 2.79. The summed E-state index contributed by atoms with van der Waals surface area (Å²) in [5.74, 6) is 1.86. The number of hydrogen-bond donors (Lipinski definition) is 1. The highest BCUT2D eigenvalue weighted by atomic mass is 15.1. The minimum absolute atomic E-state index is 0.308. The second-order valence-corrected chi connectivity index (χ2v) is 6.94. The number of benzene rings is 1. The molecule has 2 aromatic rings. The molecule has 0 fully saturated rings. The third kappa shape index (κ3) is 3.65. The Morgan fingerprint density at radius 1 is 1.19 bits per heavy atom. The van der Waals surface area contributed by atoms with E-state index in [4.69, 9.17) is 10.7 Å². The van der Waals surface area contributed by atoms with Crippen molar-refractivity contribution in [2.24, 2.45) is 17.1 Å². The fraction of sp³-hybridized carbons (Fsp3) is 0.611. The number of hydrogen-bond acceptors (Lipinski definition) is 2. The van der Waals surface area contributed by atoms with Crippen LogP contribution in [0.25, 0.3) is 11.0 Å². The van der Waals surface area contributed by atoms with Crippen LogP contribution in [0.3, 0.4) is 0 Å². The summed E-state index contributed by atoms with van der Waals surface area (Å²) in [6, 6.07) is 8.42. The van der Waals surface area contributed by atoms with Gasteiger partial charge in [-0.05, 0) is 49.8 Å².